The van der Waals surface area contributed by atoms with Crippen LogP contribution in [0.15, 0.2) is 66.7 Å². The summed E-state index contributed by atoms with van der Waals surface area (Å²) in [5, 5.41) is 23.6. The van der Waals surface area contributed by atoms with Crippen molar-refractivity contribution in [2.45, 2.75) is 38.8 Å². The summed E-state index contributed by atoms with van der Waals surface area (Å²) in [6.07, 6.45) is -0.0220. The number of imide groups is 1. The number of aryl methyl sites for hydroxylation is 3. The number of hydrogen-bond donors (Lipinski definition) is 3. The average molecular weight is 485 g/mol. The minimum atomic E-state index is -1.72. The molecule has 0 radical (unpaired) electrons. The van der Waals surface area contributed by atoms with Crippen LogP contribution < -0.4 is 10.2 Å². The van der Waals surface area contributed by atoms with E-state index in [2.05, 4.69) is 5.32 Å². The molecule has 0 spiro atoms. The third-order valence-electron chi connectivity index (χ3n) is 7.58. The first-order valence-electron chi connectivity index (χ1n) is 11.9. The number of carboxylic acid groups (broad SMARTS) is 1. The van der Waals surface area contributed by atoms with E-state index in [9.17, 15) is 24.6 Å². The zero-order valence-electron chi connectivity index (χ0n) is 20.4. The largest absolute Gasteiger partial charge is 0.508 e. The lowest BCUT2D eigenvalue weighted by Gasteiger charge is -2.32. The zero-order chi connectivity index (χ0) is 25.8. The fraction of sp³-hybridized carbons (Fsp3) is 0.276. The molecule has 0 bridgehead atoms. The number of carboxylic acids is 1. The van der Waals surface area contributed by atoms with Crippen molar-refractivity contribution < 1.29 is 24.6 Å². The van der Waals surface area contributed by atoms with Crippen molar-refractivity contribution in [3.05, 3.63) is 94.5 Å². The summed E-state index contributed by atoms with van der Waals surface area (Å²) in [4.78, 5) is 42.2. The molecule has 2 saturated heterocycles. The number of anilines is 1. The quantitative estimate of drug-likeness (QED) is 0.475. The monoisotopic (exact) mass is 484 g/mol. The van der Waals surface area contributed by atoms with Crippen LogP contribution in [0, 0.1) is 32.6 Å². The number of nitrogens with zero attached hydrogens (tertiary/aromatic N) is 1. The van der Waals surface area contributed by atoms with Gasteiger partial charge in [0.2, 0.25) is 11.8 Å². The van der Waals surface area contributed by atoms with Gasteiger partial charge in [-0.15, -0.1) is 0 Å². The van der Waals surface area contributed by atoms with Crippen molar-refractivity contribution in [1.29, 1.82) is 0 Å². The number of phenols is 1. The molecule has 36 heavy (non-hydrogen) atoms. The molecular formula is C29H28N2O5. The molecule has 3 N–H and O–H groups in total. The minimum absolute atomic E-state index is 0.0220. The summed E-state index contributed by atoms with van der Waals surface area (Å²) in [6, 6.07) is 18.6. The number of rotatable bonds is 5. The van der Waals surface area contributed by atoms with Gasteiger partial charge in [-0.25, -0.2) is 4.90 Å². The molecule has 3 aromatic carbocycles. The molecule has 0 saturated carbocycles. The second-order valence-electron chi connectivity index (χ2n) is 9.90. The summed E-state index contributed by atoms with van der Waals surface area (Å²) >= 11 is 0. The van der Waals surface area contributed by atoms with E-state index in [-0.39, 0.29) is 12.2 Å². The Balaban J connectivity index is 1.70. The highest BCUT2D eigenvalue weighted by molar-refractivity contribution is 6.24. The highest BCUT2D eigenvalue weighted by Crippen LogP contribution is 2.51. The van der Waals surface area contributed by atoms with Gasteiger partial charge in [-0.2, -0.15) is 0 Å². The number of amides is 2. The normalized spacial score (nSPS) is 25.3. The van der Waals surface area contributed by atoms with Crippen LogP contribution in [0.5, 0.6) is 5.75 Å². The molecule has 7 nitrogen and oxygen atoms in total. The van der Waals surface area contributed by atoms with E-state index < -0.39 is 41.2 Å². The third kappa shape index (κ3) is 3.58. The fourth-order valence-corrected chi connectivity index (χ4v) is 5.79. The fourth-order valence-electron chi connectivity index (χ4n) is 5.79. The van der Waals surface area contributed by atoms with E-state index in [1.807, 2.05) is 51.1 Å². The van der Waals surface area contributed by atoms with Crippen LogP contribution in [0.3, 0.4) is 0 Å². The summed E-state index contributed by atoms with van der Waals surface area (Å²) in [7, 11) is 0. The summed E-state index contributed by atoms with van der Waals surface area (Å²) < 4.78 is 0. The molecule has 5 rings (SSSR count). The van der Waals surface area contributed by atoms with E-state index in [1.54, 1.807) is 24.3 Å². The van der Waals surface area contributed by atoms with Crippen LogP contribution in [0.2, 0.25) is 0 Å². The second kappa shape index (κ2) is 8.60. The predicted molar refractivity (Wildman–Crippen MR) is 135 cm³/mol. The first kappa shape index (κ1) is 23.8. The highest BCUT2D eigenvalue weighted by atomic mass is 16.4. The molecule has 2 aliphatic heterocycles. The lowest BCUT2D eigenvalue weighted by atomic mass is 9.76. The highest BCUT2D eigenvalue weighted by Gasteiger charge is 2.68. The van der Waals surface area contributed by atoms with E-state index in [0.29, 0.717) is 11.3 Å². The van der Waals surface area contributed by atoms with Crippen molar-refractivity contribution in [3.63, 3.8) is 0 Å². The van der Waals surface area contributed by atoms with Gasteiger partial charge in [0.25, 0.3) is 0 Å². The smallest absolute Gasteiger partial charge is 0.325 e. The number of aliphatic carboxylic acids is 1. The number of benzene rings is 3. The Morgan fingerprint density at radius 2 is 1.64 bits per heavy atom. The van der Waals surface area contributed by atoms with Crippen molar-refractivity contribution in [1.82, 2.24) is 5.32 Å². The van der Waals surface area contributed by atoms with Crippen LogP contribution in [0.1, 0.15) is 33.9 Å². The van der Waals surface area contributed by atoms with Gasteiger partial charge in [0.1, 0.15) is 11.3 Å². The first-order chi connectivity index (χ1) is 17.1. The maximum atomic E-state index is 14.0. The molecule has 2 heterocycles. The molecule has 2 amide bonds. The Hall–Kier alpha value is -3.97. The second-order valence-corrected chi connectivity index (χ2v) is 9.90. The minimum Gasteiger partial charge on any atom is -0.508 e. The number of para-hydroxylation sites is 1. The molecule has 7 heteroatoms. The van der Waals surface area contributed by atoms with Crippen molar-refractivity contribution >= 4 is 23.5 Å². The third-order valence-corrected chi connectivity index (χ3v) is 7.58. The molecule has 0 aromatic heterocycles. The number of phenolic OH excluding ortho intramolecular Hbond substituents is 1. The maximum Gasteiger partial charge on any atom is 0.325 e. The molecule has 3 aromatic rings. The van der Waals surface area contributed by atoms with Crippen molar-refractivity contribution in [2.24, 2.45) is 11.8 Å². The predicted octanol–water partition coefficient (Wildman–Crippen LogP) is 3.83. The van der Waals surface area contributed by atoms with Crippen LogP contribution in [0.25, 0.3) is 0 Å². The van der Waals surface area contributed by atoms with Crippen LogP contribution in [-0.4, -0.2) is 33.5 Å². The lowest BCUT2D eigenvalue weighted by Crippen LogP contribution is -2.57. The molecule has 0 aliphatic carbocycles. The molecule has 4 atom stereocenters. The van der Waals surface area contributed by atoms with Gasteiger partial charge < -0.3 is 10.2 Å². The first-order valence-corrected chi connectivity index (χ1v) is 11.9. The van der Waals surface area contributed by atoms with Crippen molar-refractivity contribution in [3.8, 4) is 5.75 Å². The Morgan fingerprint density at radius 3 is 2.31 bits per heavy atom. The molecule has 184 valence electrons. The van der Waals surface area contributed by atoms with Gasteiger partial charge >= 0.3 is 5.97 Å². The topological polar surface area (TPSA) is 107 Å². The average Bonchev–Trinajstić information content (AvgIpc) is 3.32. The standard InChI is InChI=1S/C29H28N2O5/c1-16-8-9-17(2)21(14-16)25-23-24(27(34)31(26(23)33)22-7-5-4-6-18(22)3)29(30-25,28(35)36)15-19-10-12-20(32)13-11-19/h4-14,23-25,30,32H,15H2,1-3H3,(H,35,36). The van der Waals surface area contributed by atoms with Gasteiger partial charge in [0.15, 0.2) is 0 Å². The lowest BCUT2D eigenvalue weighted by molar-refractivity contribution is -0.148. The SMILES string of the molecule is Cc1ccc(C)c(C2NC(Cc3ccc(O)cc3)(C(=O)O)C3C(=O)N(c4ccccc4C)C(=O)C23)c1. The Morgan fingerprint density at radius 1 is 0.944 bits per heavy atom. The number of fused-ring (bicyclic) bond motifs is 1. The number of carbonyl (C=O) groups excluding carboxylic acids is 2. The number of carbonyl (C=O) groups is 3. The summed E-state index contributed by atoms with van der Waals surface area (Å²) in [6.45, 7) is 5.69. The van der Waals surface area contributed by atoms with Gasteiger partial charge in [-0.1, -0.05) is 54.1 Å². The van der Waals surface area contributed by atoms with Gasteiger partial charge in [-0.3, -0.25) is 19.7 Å². The molecule has 2 fully saturated rings. The van der Waals surface area contributed by atoms with Gasteiger partial charge in [0.05, 0.1) is 17.5 Å². The number of aromatic hydroxyl groups is 1. The maximum absolute atomic E-state index is 14.0. The van der Waals surface area contributed by atoms with E-state index in [4.69, 9.17) is 0 Å². The van der Waals surface area contributed by atoms with Gasteiger partial charge in [0, 0.05) is 12.5 Å². The summed E-state index contributed by atoms with van der Waals surface area (Å²) in [5.41, 5.74) is 2.86. The number of nitrogens with one attached hydrogen (secondary N) is 1. The van der Waals surface area contributed by atoms with Gasteiger partial charge in [-0.05, 0) is 61.2 Å². The molecule has 4 unspecified atom stereocenters. The van der Waals surface area contributed by atoms with Crippen LogP contribution in [-0.2, 0) is 20.8 Å². The summed E-state index contributed by atoms with van der Waals surface area (Å²) in [5.74, 6) is -4.03. The van der Waals surface area contributed by atoms with Crippen LogP contribution >= 0.6 is 0 Å². The zero-order valence-corrected chi connectivity index (χ0v) is 20.4. The Labute approximate surface area is 209 Å². The molecule has 2 aliphatic rings. The van der Waals surface area contributed by atoms with Crippen LogP contribution in [0.4, 0.5) is 5.69 Å². The van der Waals surface area contributed by atoms with Crippen molar-refractivity contribution in [2.75, 3.05) is 4.90 Å². The van der Waals surface area contributed by atoms with E-state index in [0.717, 1.165) is 22.3 Å². The number of hydrogen-bond acceptors (Lipinski definition) is 5. The molecular weight excluding hydrogens is 456 g/mol. The van der Waals surface area contributed by atoms with E-state index >= 15 is 0 Å². The Bertz CT molecular complexity index is 1380. The Kier molecular flexibility index (Phi) is 5.68. The van der Waals surface area contributed by atoms with E-state index in [1.165, 1.54) is 17.0 Å².